The predicted octanol–water partition coefficient (Wildman–Crippen LogP) is 2.31. The Labute approximate surface area is 89.2 Å². The van der Waals surface area contributed by atoms with Gasteiger partial charge < -0.3 is 19.3 Å². The monoisotopic (exact) mass is 238 g/mol. The number of hydrogen-bond donors (Lipinski definition) is 1. The van der Waals surface area contributed by atoms with Gasteiger partial charge in [0.25, 0.3) is 0 Å². The average molecular weight is 238 g/mol. The van der Waals surface area contributed by atoms with Crippen molar-refractivity contribution in [2.75, 3.05) is 20.6 Å². The molecule has 0 unspecified atom stereocenters. The summed E-state index contributed by atoms with van der Waals surface area (Å²) in [6, 6.07) is 2.11. The largest absolute Gasteiger partial charge is 0.502 e. The molecule has 1 aromatic carbocycles. The Bertz CT molecular complexity index is 319. The van der Waals surface area contributed by atoms with Crippen LogP contribution in [0.3, 0.4) is 0 Å². The Kier molecular flexibility index (Phi) is 4.56. The van der Waals surface area contributed by atoms with E-state index in [-0.39, 0.29) is 17.2 Å². The van der Waals surface area contributed by atoms with Crippen molar-refractivity contribution in [3.05, 3.63) is 12.1 Å². The summed E-state index contributed by atoms with van der Waals surface area (Å²) in [5.74, 6) is -1.30. The summed E-state index contributed by atoms with van der Waals surface area (Å²) in [6.45, 7) is -3.54. The fourth-order valence-electron chi connectivity index (χ4n) is 1.04. The summed E-state index contributed by atoms with van der Waals surface area (Å²) < 4.78 is 49.0. The van der Waals surface area contributed by atoms with Gasteiger partial charge in [-0.15, -0.1) is 0 Å². The van der Waals surface area contributed by atoms with E-state index in [0.29, 0.717) is 0 Å². The van der Waals surface area contributed by atoms with Gasteiger partial charge in [0.2, 0.25) is 26.3 Å². The Balaban J connectivity index is 3.05. The van der Waals surface area contributed by atoms with Gasteiger partial charge in [-0.2, -0.15) is 0 Å². The molecule has 0 saturated heterocycles. The molecule has 0 bridgehead atoms. The summed E-state index contributed by atoms with van der Waals surface area (Å²) in [5, 5.41) is 9.41. The van der Waals surface area contributed by atoms with E-state index >= 15 is 0 Å². The van der Waals surface area contributed by atoms with Gasteiger partial charge in [-0.1, -0.05) is 0 Å². The lowest BCUT2D eigenvalue weighted by molar-refractivity contribution is 0.163. The fraction of sp³-hybridized carbons (Fsp3) is 0.333. The molecule has 0 aliphatic heterocycles. The second-order valence-corrected chi connectivity index (χ2v) is 2.53. The molecule has 0 fully saturated rings. The van der Waals surface area contributed by atoms with Crippen LogP contribution in [0.2, 0.25) is 0 Å². The van der Waals surface area contributed by atoms with E-state index in [0.717, 1.165) is 12.1 Å². The first kappa shape index (κ1) is 12.3. The van der Waals surface area contributed by atoms with E-state index in [9.17, 15) is 18.3 Å². The molecule has 0 radical (unpaired) electrons. The van der Waals surface area contributed by atoms with Crippen molar-refractivity contribution in [1.29, 1.82) is 0 Å². The lowest BCUT2D eigenvalue weighted by Gasteiger charge is -2.11. The van der Waals surface area contributed by atoms with Crippen LogP contribution in [-0.4, -0.2) is 25.7 Å². The standard InChI is InChI=1S/C9H9F3O4/c10-3-14-6-1-7(15-4-11)9(13)8(2-6)16-5-12/h1-2,13H,3-5H2. The van der Waals surface area contributed by atoms with Crippen molar-refractivity contribution >= 4 is 0 Å². The van der Waals surface area contributed by atoms with E-state index in [1.807, 2.05) is 0 Å². The maximum atomic E-state index is 11.9. The van der Waals surface area contributed by atoms with Crippen molar-refractivity contribution in [2.24, 2.45) is 0 Å². The van der Waals surface area contributed by atoms with Crippen LogP contribution in [0.5, 0.6) is 23.0 Å². The Hall–Kier alpha value is -1.79. The highest BCUT2D eigenvalue weighted by molar-refractivity contribution is 5.54. The molecule has 0 saturated carbocycles. The lowest BCUT2D eigenvalue weighted by atomic mass is 10.2. The normalized spacial score (nSPS) is 9.94. The molecule has 0 aliphatic rings. The van der Waals surface area contributed by atoms with Gasteiger partial charge >= 0.3 is 0 Å². The molecule has 0 amide bonds. The van der Waals surface area contributed by atoms with Gasteiger partial charge in [-0.25, -0.2) is 13.2 Å². The molecule has 0 heterocycles. The minimum absolute atomic E-state index is 0.0767. The number of ether oxygens (including phenoxy) is 3. The quantitative estimate of drug-likeness (QED) is 0.826. The zero-order valence-corrected chi connectivity index (χ0v) is 8.08. The maximum Gasteiger partial charge on any atom is 0.228 e. The zero-order valence-electron chi connectivity index (χ0n) is 8.08. The highest BCUT2D eigenvalue weighted by Gasteiger charge is 2.13. The second kappa shape index (κ2) is 5.94. The van der Waals surface area contributed by atoms with Crippen molar-refractivity contribution in [2.45, 2.75) is 0 Å². The van der Waals surface area contributed by atoms with E-state index in [1.165, 1.54) is 0 Å². The number of phenols is 1. The summed E-state index contributed by atoms with van der Waals surface area (Å²) >= 11 is 0. The molecule has 16 heavy (non-hydrogen) atoms. The van der Waals surface area contributed by atoms with Crippen molar-refractivity contribution in [3.63, 3.8) is 0 Å². The highest BCUT2D eigenvalue weighted by Crippen LogP contribution is 2.40. The first-order valence-electron chi connectivity index (χ1n) is 4.16. The Morgan fingerprint density at radius 1 is 0.875 bits per heavy atom. The summed E-state index contributed by atoms with van der Waals surface area (Å²) in [6.07, 6.45) is 0. The lowest BCUT2D eigenvalue weighted by Crippen LogP contribution is -1.97. The number of phenolic OH excluding ortho intramolecular Hbond substituents is 1. The second-order valence-electron chi connectivity index (χ2n) is 2.53. The summed E-state index contributed by atoms with van der Waals surface area (Å²) in [4.78, 5) is 0. The van der Waals surface area contributed by atoms with E-state index in [2.05, 4.69) is 14.2 Å². The number of aromatic hydroxyl groups is 1. The third-order valence-corrected chi connectivity index (χ3v) is 1.65. The smallest absolute Gasteiger partial charge is 0.228 e. The molecule has 0 spiro atoms. The van der Waals surface area contributed by atoms with Crippen LogP contribution in [0, 0.1) is 0 Å². The van der Waals surface area contributed by atoms with E-state index in [1.54, 1.807) is 0 Å². The van der Waals surface area contributed by atoms with Crippen LogP contribution in [0.1, 0.15) is 0 Å². The minimum Gasteiger partial charge on any atom is -0.502 e. The molecule has 90 valence electrons. The first-order valence-corrected chi connectivity index (χ1v) is 4.16. The zero-order chi connectivity index (χ0) is 12.0. The van der Waals surface area contributed by atoms with Gasteiger partial charge in [0.05, 0.1) is 0 Å². The average Bonchev–Trinajstić information content (AvgIpc) is 2.26. The van der Waals surface area contributed by atoms with Gasteiger partial charge in [-0.3, -0.25) is 0 Å². The predicted molar refractivity (Wildman–Crippen MR) is 47.9 cm³/mol. The van der Waals surface area contributed by atoms with Crippen LogP contribution in [0.25, 0.3) is 0 Å². The first-order chi connectivity index (χ1) is 7.72. The van der Waals surface area contributed by atoms with Crippen LogP contribution in [0.15, 0.2) is 12.1 Å². The number of benzene rings is 1. The number of rotatable bonds is 6. The molecule has 0 atom stereocenters. The SMILES string of the molecule is Oc1c(OCF)cc(OCF)cc1OCF. The third kappa shape index (κ3) is 2.85. The molecule has 0 aromatic heterocycles. The van der Waals surface area contributed by atoms with Crippen molar-refractivity contribution in [1.82, 2.24) is 0 Å². The van der Waals surface area contributed by atoms with Crippen molar-refractivity contribution in [3.8, 4) is 23.0 Å². The van der Waals surface area contributed by atoms with Crippen LogP contribution in [0.4, 0.5) is 13.2 Å². The van der Waals surface area contributed by atoms with Gasteiger partial charge in [0, 0.05) is 12.1 Å². The molecule has 1 rings (SSSR count). The molecule has 4 nitrogen and oxygen atoms in total. The fourth-order valence-corrected chi connectivity index (χ4v) is 1.04. The van der Waals surface area contributed by atoms with E-state index < -0.39 is 26.3 Å². The van der Waals surface area contributed by atoms with Gasteiger partial charge in [0.15, 0.2) is 11.5 Å². The van der Waals surface area contributed by atoms with Gasteiger partial charge in [-0.05, 0) is 0 Å². The van der Waals surface area contributed by atoms with Crippen LogP contribution >= 0.6 is 0 Å². The summed E-state index contributed by atoms with van der Waals surface area (Å²) in [5.41, 5.74) is 0. The molecular weight excluding hydrogens is 229 g/mol. The van der Waals surface area contributed by atoms with Crippen LogP contribution < -0.4 is 14.2 Å². The molecule has 0 aliphatic carbocycles. The molecular formula is C9H9F3O4. The molecule has 1 aromatic rings. The maximum absolute atomic E-state index is 11.9. The number of hydrogen-bond acceptors (Lipinski definition) is 4. The van der Waals surface area contributed by atoms with Gasteiger partial charge in [0.1, 0.15) is 5.75 Å². The highest BCUT2D eigenvalue weighted by atomic mass is 19.1. The molecule has 1 N–H and O–H groups in total. The molecule has 7 heteroatoms. The Morgan fingerprint density at radius 2 is 1.31 bits per heavy atom. The number of halogens is 3. The summed E-state index contributed by atoms with van der Waals surface area (Å²) in [7, 11) is 0. The number of alkyl halides is 3. The van der Waals surface area contributed by atoms with Crippen LogP contribution in [-0.2, 0) is 0 Å². The third-order valence-electron chi connectivity index (χ3n) is 1.65. The topological polar surface area (TPSA) is 47.9 Å². The Morgan fingerprint density at radius 3 is 1.69 bits per heavy atom. The van der Waals surface area contributed by atoms with Crippen molar-refractivity contribution < 1.29 is 32.5 Å². The minimum atomic E-state index is -1.21. The van der Waals surface area contributed by atoms with E-state index in [4.69, 9.17) is 0 Å².